The van der Waals surface area contributed by atoms with Crippen LogP contribution in [-0.2, 0) is 17.5 Å². The first-order chi connectivity index (χ1) is 13.8. The summed E-state index contributed by atoms with van der Waals surface area (Å²) in [6, 6.07) is 13.4. The van der Waals surface area contributed by atoms with Crippen molar-refractivity contribution in [2.45, 2.75) is 19.6 Å². The molecule has 0 radical (unpaired) electrons. The standard InChI is InChI=1S/C21H19F4N3O/c1-14-6-3-4-8-16(14)20-17(21(23,24)25)10-11-19(27-20)28(13-29-2)12-15-7-5-9-18(22)26-15/h3-11H,12-13H2,1-2H3. The Balaban J connectivity index is 2.08. The normalized spacial score (nSPS) is 11.5. The van der Waals surface area contributed by atoms with Crippen molar-refractivity contribution in [3.8, 4) is 11.3 Å². The Bertz CT molecular complexity index is 992. The molecule has 0 bridgehead atoms. The maximum Gasteiger partial charge on any atom is 0.418 e. The van der Waals surface area contributed by atoms with Gasteiger partial charge < -0.3 is 9.64 Å². The lowest BCUT2D eigenvalue weighted by atomic mass is 10.0. The minimum absolute atomic E-state index is 0.0454. The van der Waals surface area contributed by atoms with Crippen LogP contribution in [0.5, 0.6) is 0 Å². The maximum atomic E-state index is 13.6. The molecular formula is C21H19F4N3O. The van der Waals surface area contributed by atoms with Crippen molar-refractivity contribution in [3.05, 3.63) is 77.4 Å². The quantitative estimate of drug-likeness (QED) is 0.320. The van der Waals surface area contributed by atoms with E-state index in [0.29, 0.717) is 16.8 Å². The smallest absolute Gasteiger partial charge is 0.364 e. The first-order valence-electron chi connectivity index (χ1n) is 8.79. The Hall–Kier alpha value is -3.00. The number of rotatable bonds is 6. The van der Waals surface area contributed by atoms with Gasteiger partial charge in [0.1, 0.15) is 12.5 Å². The molecule has 0 aliphatic heterocycles. The van der Waals surface area contributed by atoms with E-state index in [9.17, 15) is 17.6 Å². The van der Waals surface area contributed by atoms with Gasteiger partial charge in [0.15, 0.2) is 0 Å². The average molecular weight is 405 g/mol. The zero-order valence-electron chi connectivity index (χ0n) is 15.9. The van der Waals surface area contributed by atoms with Crippen molar-refractivity contribution in [1.29, 1.82) is 0 Å². The largest absolute Gasteiger partial charge is 0.418 e. The molecule has 8 heteroatoms. The molecule has 4 nitrogen and oxygen atoms in total. The number of hydrogen-bond acceptors (Lipinski definition) is 4. The fraction of sp³-hybridized carbons (Fsp3) is 0.238. The van der Waals surface area contributed by atoms with Gasteiger partial charge in [-0.1, -0.05) is 30.3 Å². The minimum atomic E-state index is -4.56. The second-order valence-electron chi connectivity index (χ2n) is 6.45. The number of halogens is 4. The molecule has 152 valence electrons. The summed E-state index contributed by atoms with van der Waals surface area (Å²) in [4.78, 5) is 9.70. The summed E-state index contributed by atoms with van der Waals surface area (Å²) >= 11 is 0. The topological polar surface area (TPSA) is 38.2 Å². The number of alkyl halides is 3. The SMILES string of the molecule is COCN(Cc1cccc(F)n1)c1ccc(C(F)(F)F)c(-c2ccccc2C)n1. The zero-order chi connectivity index (χ0) is 21.0. The highest BCUT2D eigenvalue weighted by Gasteiger charge is 2.35. The summed E-state index contributed by atoms with van der Waals surface area (Å²) in [5.41, 5.74) is 0.482. The summed E-state index contributed by atoms with van der Waals surface area (Å²) in [5.74, 6) is -0.370. The predicted octanol–water partition coefficient (Wildman–Crippen LogP) is 5.22. The lowest BCUT2D eigenvalue weighted by Crippen LogP contribution is -2.27. The molecule has 0 N–H and O–H groups in total. The van der Waals surface area contributed by atoms with Gasteiger partial charge in [-0.3, -0.25) is 0 Å². The van der Waals surface area contributed by atoms with E-state index < -0.39 is 17.7 Å². The molecule has 0 spiro atoms. The van der Waals surface area contributed by atoms with E-state index in [4.69, 9.17) is 4.74 Å². The third-order valence-corrected chi connectivity index (χ3v) is 4.32. The summed E-state index contributed by atoms with van der Waals surface area (Å²) < 4.78 is 59.4. The van der Waals surface area contributed by atoms with Gasteiger partial charge in [-0.15, -0.1) is 0 Å². The van der Waals surface area contributed by atoms with E-state index in [2.05, 4.69) is 9.97 Å². The molecule has 3 rings (SSSR count). The number of aryl methyl sites for hydroxylation is 1. The van der Waals surface area contributed by atoms with Crippen LogP contribution >= 0.6 is 0 Å². The van der Waals surface area contributed by atoms with Crippen LogP contribution in [0.2, 0.25) is 0 Å². The summed E-state index contributed by atoms with van der Waals surface area (Å²) in [5, 5.41) is 0. The van der Waals surface area contributed by atoms with Crippen molar-refractivity contribution in [1.82, 2.24) is 9.97 Å². The molecular weight excluding hydrogens is 386 g/mol. The molecule has 2 heterocycles. The molecule has 0 saturated carbocycles. The summed E-state index contributed by atoms with van der Waals surface area (Å²) in [6.07, 6.45) is -4.56. The fourth-order valence-corrected chi connectivity index (χ4v) is 2.98. The van der Waals surface area contributed by atoms with E-state index in [1.807, 2.05) is 0 Å². The molecule has 0 saturated heterocycles. The number of hydrogen-bond donors (Lipinski definition) is 0. The Morgan fingerprint density at radius 3 is 2.38 bits per heavy atom. The molecule has 0 fully saturated rings. The average Bonchev–Trinajstić information content (AvgIpc) is 2.67. The lowest BCUT2D eigenvalue weighted by molar-refractivity contribution is -0.137. The first kappa shape index (κ1) is 20.7. The second kappa shape index (κ2) is 8.57. The number of ether oxygens (including phenoxy) is 1. The number of methoxy groups -OCH3 is 1. The maximum absolute atomic E-state index is 13.6. The Labute approximate surface area is 165 Å². The highest BCUT2D eigenvalue weighted by Crippen LogP contribution is 2.38. The van der Waals surface area contributed by atoms with Crippen molar-refractivity contribution in [2.24, 2.45) is 0 Å². The highest BCUT2D eigenvalue weighted by atomic mass is 19.4. The van der Waals surface area contributed by atoms with Gasteiger partial charge in [0.2, 0.25) is 5.95 Å². The van der Waals surface area contributed by atoms with Gasteiger partial charge in [0, 0.05) is 12.7 Å². The molecule has 0 unspecified atom stereocenters. The molecule has 0 atom stereocenters. The van der Waals surface area contributed by atoms with E-state index in [1.165, 1.54) is 25.3 Å². The van der Waals surface area contributed by atoms with Crippen LogP contribution in [0.3, 0.4) is 0 Å². The Kier molecular flexibility index (Phi) is 6.12. The molecule has 0 aliphatic rings. The van der Waals surface area contributed by atoms with Crippen molar-refractivity contribution in [3.63, 3.8) is 0 Å². The third-order valence-electron chi connectivity index (χ3n) is 4.32. The molecule has 2 aromatic heterocycles. The van der Waals surface area contributed by atoms with Gasteiger partial charge in [0.05, 0.1) is 23.5 Å². The molecule has 3 aromatic rings. The van der Waals surface area contributed by atoms with Crippen LogP contribution in [0.15, 0.2) is 54.6 Å². The zero-order valence-corrected chi connectivity index (χ0v) is 15.9. The van der Waals surface area contributed by atoms with Crippen molar-refractivity contribution < 1.29 is 22.3 Å². The Morgan fingerprint density at radius 2 is 1.72 bits per heavy atom. The minimum Gasteiger partial charge on any atom is -0.364 e. The highest BCUT2D eigenvalue weighted by molar-refractivity contribution is 5.69. The van der Waals surface area contributed by atoms with Crippen molar-refractivity contribution >= 4 is 5.82 Å². The number of aromatic nitrogens is 2. The van der Waals surface area contributed by atoms with Gasteiger partial charge in [-0.05, 0) is 36.8 Å². The van der Waals surface area contributed by atoms with Crippen LogP contribution in [0.1, 0.15) is 16.8 Å². The lowest BCUT2D eigenvalue weighted by Gasteiger charge is -2.24. The number of pyridine rings is 2. The van der Waals surface area contributed by atoms with E-state index in [1.54, 1.807) is 42.2 Å². The van der Waals surface area contributed by atoms with Crippen molar-refractivity contribution in [2.75, 3.05) is 18.7 Å². The second-order valence-corrected chi connectivity index (χ2v) is 6.45. The van der Waals surface area contributed by atoms with Crippen LogP contribution in [0.4, 0.5) is 23.4 Å². The summed E-state index contributed by atoms with van der Waals surface area (Å²) in [6.45, 7) is 1.90. The third kappa shape index (κ3) is 4.89. The van der Waals surface area contributed by atoms with Gasteiger partial charge in [0.25, 0.3) is 0 Å². The molecule has 1 aromatic carbocycles. The Morgan fingerprint density at radius 1 is 0.966 bits per heavy atom. The molecule has 29 heavy (non-hydrogen) atoms. The first-order valence-corrected chi connectivity index (χ1v) is 8.79. The molecule has 0 aliphatic carbocycles. The van der Waals surface area contributed by atoms with Gasteiger partial charge >= 0.3 is 6.18 Å². The van der Waals surface area contributed by atoms with Crippen LogP contribution < -0.4 is 4.90 Å². The van der Waals surface area contributed by atoms with E-state index >= 15 is 0 Å². The van der Waals surface area contributed by atoms with E-state index in [-0.39, 0.29) is 24.8 Å². The van der Waals surface area contributed by atoms with E-state index in [0.717, 1.165) is 6.07 Å². The van der Waals surface area contributed by atoms with Crippen LogP contribution in [0.25, 0.3) is 11.3 Å². The predicted molar refractivity (Wildman–Crippen MR) is 102 cm³/mol. The molecule has 0 amide bonds. The monoisotopic (exact) mass is 405 g/mol. The van der Waals surface area contributed by atoms with Gasteiger partial charge in [-0.2, -0.15) is 17.6 Å². The van der Waals surface area contributed by atoms with Crippen LogP contribution in [0, 0.1) is 12.9 Å². The number of nitrogens with zero attached hydrogens (tertiary/aromatic N) is 3. The van der Waals surface area contributed by atoms with Gasteiger partial charge in [-0.25, -0.2) is 9.97 Å². The van der Waals surface area contributed by atoms with Crippen LogP contribution in [-0.4, -0.2) is 23.8 Å². The number of anilines is 1. The summed E-state index contributed by atoms with van der Waals surface area (Å²) in [7, 11) is 1.46. The number of benzene rings is 1. The fourth-order valence-electron chi connectivity index (χ4n) is 2.98.